The average Bonchev–Trinajstić information content (AvgIpc) is 2.86. The molecule has 2 N–H and O–H groups in total. The highest BCUT2D eigenvalue weighted by Crippen LogP contribution is 2.18. The smallest absolute Gasteiger partial charge is 0.122 e. The number of thiocarbonyl (C=S) groups is 1. The van der Waals surface area contributed by atoms with Crippen molar-refractivity contribution in [3.63, 3.8) is 0 Å². The van der Waals surface area contributed by atoms with Gasteiger partial charge in [-0.25, -0.2) is 0 Å². The summed E-state index contributed by atoms with van der Waals surface area (Å²) in [6, 6.07) is 4.72. The van der Waals surface area contributed by atoms with Crippen molar-refractivity contribution in [1.82, 2.24) is 14.8 Å². The third-order valence-corrected chi connectivity index (χ3v) is 4.17. The molecule has 1 atom stereocenters. The zero-order valence-corrected chi connectivity index (χ0v) is 13.2. The maximum Gasteiger partial charge on any atom is 0.122 e. The average molecular weight is 292 g/mol. The summed E-state index contributed by atoms with van der Waals surface area (Å²) >= 11 is 4.98. The molecule has 1 aliphatic heterocycles. The van der Waals surface area contributed by atoms with E-state index < -0.39 is 0 Å². The molecule has 0 spiro atoms. The summed E-state index contributed by atoms with van der Waals surface area (Å²) in [7, 11) is 2.17. The Morgan fingerprint density at radius 1 is 1.60 bits per heavy atom. The molecule has 0 amide bonds. The third-order valence-electron chi connectivity index (χ3n) is 3.96. The zero-order chi connectivity index (χ0) is 14.5. The second kappa shape index (κ2) is 7.11. The Labute approximate surface area is 127 Å². The molecule has 0 radical (unpaired) electrons. The maximum absolute atomic E-state index is 5.63. The highest BCUT2D eigenvalue weighted by molar-refractivity contribution is 7.80. The molecule has 0 aromatic carbocycles. The number of likely N-dealkylation sites (tertiary alicyclic amines) is 1. The molecule has 1 saturated heterocycles. The van der Waals surface area contributed by atoms with Gasteiger partial charge in [-0.3, -0.25) is 9.88 Å². The van der Waals surface area contributed by atoms with Crippen LogP contribution in [0.3, 0.4) is 0 Å². The van der Waals surface area contributed by atoms with Crippen molar-refractivity contribution >= 4 is 17.2 Å². The molecule has 2 heterocycles. The molecule has 2 rings (SSSR count). The number of hydrogen-bond donors (Lipinski definition) is 1. The van der Waals surface area contributed by atoms with Crippen molar-refractivity contribution in [2.75, 3.05) is 26.7 Å². The van der Waals surface area contributed by atoms with Crippen LogP contribution in [0.25, 0.3) is 0 Å². The molecule has 1 aromatic heterocycles. The fourth-order valence-electron chi connectivity index (χ4n) is 2.96. The van der Waals surface area contributed by atoms with Crippen molar-refractivity contribution in [3.05, 3.63) is 29.6 Å². The lowest BCUT2D eigenvalue weighted by molar-refractivity contribution is 0.195. The lowest BCUT2D eigenvalue weighted by Gasteiger charge is -2.27. The van der Waals surface area contributed by atoms with Gasteiger partial charge in [-0.05, 0) is 50.7 Å². The van der Waals surface area contributed by atoms with Crippen LogP contribution in [-0.4, -0.2) is 52.5 Å². The summed E-state index contributed by atoms with van der Waals surface area (Å²) in [5, 5.41) is 0. The highest BCUT2D eigenvalue weighted by Gasteiger charge is 2.23. The van der Waals surface area contributed by atoms with Crippen LogP contribution < -0.4 is 5.73 Å². The first-order valence-electron chi connectivity index (χ1n) is 7.27. The Balaban J connectivity index is 1.92. The Bertz CT molecular complexity index is 463. The Hall–Kier alpha value is -1.04. The van der Waals surface area contributed by atoms with E-state index in [0.29, 0.717) is 16.7 Å². The van der Waals surface area contributed by atoms with Crippen LogP contribution in [-0.2, 0) is 6.54 Å². The molecule has 1 fully saturated rings. The molecular formula is C15H24N4S. The Morgan fingerprint density at radius 2 is 2.40 bits per heavy atom. The largest absolute Gasteiger partial charge is 0.388 e. The number of hydrogen-bond acceptors (Lipinski definition) is 4. The third kappa shape index (κ3) is 3.98. The Morgan fingerprint density at radius 3 is 3.10 bits per heavy atom. The van der Waals surface area contributed by atoms with Crippen molar-refractivity contribution in [2.45, 2.75) is 32.4 Å². The highest BCUT2D eigenvalue weighted by atomic mass is 32.1. The normalized spacial score (nSPS) is 19.6. The van der Waals surface area contributed by atoms with E-state index in [1.807, 2.05) is 12.1 Å². The predicted octanol–water partition coefficient (Wildman–Crippen LogP) is 1.63. The minimum atomic E-state index is 0.363. The summed E-state index contributed by atoms with van der Waals surface area (Å²) < 4.78 is 0. The fraction of sp³-hybridized carbons (Fsp3) is 0.600. The van der Waals surface area contributed by atoms with Gasteiger partial charge in [-0.1, -0.05) is 19.1 Å². The van der Waals surface area contributed by atoms with Gasteiger partial charge in [0.25, 0.3) is 0 Å². The van der Waals surface area contributed by atoms with Gasteiger partial charge in [-0.15, -0.1) is 0 Å². The lowest BCUT2D eigenvalue weighted by atomic mass is 10.1. The van der Waals surface area contributed by atoms with Gasteiger partial charge >= 0.3 is 0 Å². The van der Waals surface area contributed by atoms with Gasteiger partial charge in [0.15, 0.2) is 0 Å². The fourth-order valence-corrected chi connectivity index (χ4v) is 3.07. The SMILES string of the molecule is CCN1CCCC1CN(C)Cc1ccnc(C(N)=S)c1. The number of nitrogens with two attached hydrogens (primary N) is 1. The summed E-state index contributed by atoms with van der Waals surface area (Å²) in [5.74, 6) is 0. The van der Waals surface area contributed by atoms with E-state index in [9.17, 15) is 0 Å². The second-order valence-corrected chi connectivity index (χ2v) is 5.97. The molecule has 1 aliphatic rings. The molecule has 1 aromatic rings. The van der Waals surface area contributed by atoms with Crippen LogP contribution in [0.5, 0.6) is 0 Å². The first-order valence-corrected chi connectivity index (χ1v) is 7.68. The summed E-state index contributed by atoms with van der Waals surface area (Å²) in [6.45, 7) is 6.66. The Kier molecular flexibility index (Phi) is 5.46. The van der Waals surface area contributed by atoms with Crippen LogP contribution in [0.15, 0.2) is 18.3 Å². The minimum Gasteiger partial charge on any atom is -0.388 e. The van der Waals surface area contributed by atoms with Crippen molar-refractivity contribution < 1.29 is 0 Å². The van der Waals surface area contributed by atoms with E-state index in [2.05, 4.69) is 28.8 Å². The molecule has 0 aliphatic carbocycles. The standard InChI is InChI=1S/C15H24N4S/c1-3-19-8-4-5-13(19)11-18(2)10-12-6-7-17-14(9-12)15(16)20/h6-7,9,13H,3-5,8,10-11H2,1-2H3,(H2,16,20). The van der Waals surface area contributed by atoms with E-state index >= 15 is 0 Å². The van der Waals surface area contributed by atoms with Crippen molar-refractivity contribution in [1.29, 1.82) is 0 Å². The van der Waals surface area contributed by atoms with E-state index in [0.717, 1.165) is 19.6 Å². The number of aromatic nitrogens is 1. The molecule has 1 unspecified atom stereocenters. The summed E-state index contributed by atoms with van der Waals surface area (Å²) in [4.78, 5) is 9.49. The minimum absolute atomic E-state index is 0.363. The number of rotatable bonds is 6. The van der Waals surface area contributed by atoms with Gasteiger partial charge in [0.2, 0.25) is 0 Å². The quantitative estimate of drug-likeness (QED) is 0.808. The van der Waals surface area contributed by atoms with Crippen LogP contribution in [0.2, 0.25) is 0 Å². The van der Waals surface area contributed by atoms with Gasteiger partial charge in [-0.2, -0.15) is 0 Å². The first kappa shape index (κ1) is 15.4. The van der Waals surface area contributed by atoms with Gasteiger partial charge in [0, 0.05) is 25.3 Å². The molecule has 5 heteroatoms. The monoisotopic (exact) mass is 292 g/mol. The second-order valence-electron chi connectivity index (χ2n) is 5.53. The molecule has 4 nitrogen and oxygen atoms in total. The number of likely N-dealkylation sites (N-methyl/N-ethyl adjacent to an activating group) is 2. The van der Waals surface area contributed by atoms with E-state index in [1.165, 1.54) is 24.9 Å². The van der Waals surface area contributed by atoms with Crippen LogP contribution in [0.4, 0.5) is 0 Å². The molecule has 0 saturated carbocycles. The first-order chi connectivity index (χ1) is 9.60. The molecule has 110 valence electrons. The zero-order valence-electron chi connectivity index (χ0n) is 12.4. The van der Waals surface area contributed by atoms with Crippen LogP contribution in [0, 0.1) is 0 Å². The lowest BCUT2D eigenvalue weighted by Crippen LogP contribution is -2.38. The maximum atomic E-state index is 5.63. The van der Waals surface area contributed by atoms with E-state index in [4.69, 9.17) is 18.0 Å². The summed E-state index contributed by atoms with van der Waals surface area (Å²) in [6.07, 6.45) is 4.42. The van der Waals surface area contributed by atoms with Crippen LogP contribution in [0.1, 0.15) is 31.0 Å². The molecule has 0 bridgehead atoms. The number of pyridine rings is 1. The van der Waals surface area contributed by atoms with Gasteiger partial charge in [0.05, 0.1) is 5.69 Å². The van der Waals surface area contributed by atoms with Crippen LogP contribution >= 0.6 is 12.2 Å². The van der Waals surface area contributed by atoms with Gasteiger partial charge in [0.1, 0.15) is 4.99 Å². The number of nitrogens with zero attached hydrogens (tertiary/aromatic N) is 3. The van der Waals surface area contributed by atoms with Gasteiger partial charge < -0.3 is 10.6 Å². The molecular weight excluding hydrogens is 268 g/mol. The van der Waals surface area contributed by atoms with E-state index in [-0.39, 0.29) is 0 Å². The van der Waals surface area contributed by atoms with E-state index in [1.54, 1.807) is 6.20 Å². The molecule has 20 heavy (non-hydrogen) atoms. The van der Waals surface area contributed by atoms with Crippen molar-refractivity contribution in [2.24, 2.45) is 5.73 Å². The predicted molar refractivity (Wildman–Crippen MR) is 86.7 cm³/mol. The summed E-state index contributed by atoms with van der Waals surface area (Å²) in [5.41, 5.74) is 7.55. The van der Waals surface area contributed by atoms with Crippen molar-refractivity contribution in [3.8, 4) is 0 Å². The topological polar surface area (TPSA) is 45.4 Å².